The number of halogens is 4. The standard InChI is InChI=1S/2C18H19Cl2NO3/c1-12(22)9-10-24-17(23)11-13-5-2-3-8-16(13)21-18-14(19)6-4-7-15(18)20;1-12(9-10-22)24-17(23)11-13-5-2-3-8-16(13)21-18-14(19)6-4-7-15(18)20/h2*2-8,12,21-22H,9-11H2,1H3. The molecule has 4 rings (SSSR count). The summed E-state index contributed by atoms with van der Waals surface area (Å²) >= 11 is 24.7. The lowest BCUT2D eigenvalue weighted by Crippen LogP contribution is -2.18. The highest BCUT2D eigenvalue weighted by Crippen LogP contribution is 2.35. The van der Waals surface area contributed by atoms with Gasteiger partial charge in [-0.1, -0.05) is 94.9 Å². The molecule has 4 aromatic rings. The van der Waals surface area contributed by atoms with Crippen LogP contribution in [0, 0.1) is 0 Å². The smallest absolute Gasteiger partial charge is 0.310 e. The van der Waals surface area contributed by atoms with E-state index in [-0.39, 0.29) is 44.1 Å². The quantitative estimate of drug-likeness (QED) is 0.0948. The maximum absolute atomic E-state index is 12.1. The molecule has 0 heterocycles. The van der Waals surface area contributed by atoms with E-state index in [2.05, 4.69) is 10.6 Å². The van der Waals surface area contributed by atoms with Gasteiger partial charge in [0.2, 0.25) is 0 Å². The lowest BCUT2D eigenvalue weighted by molar-refractivity contribution is -0.148. The fraction of sp³-hybridized carbons (Fsp3) is 0.278. The number of hydrogen-bond acceptors (Lipinski definition) is 8. The van der Waals surface area contributed by atoms with Crippen LogP contribution in [0.2, 0.25) is 20.1 Å². The van der Waals surface area contributed by atoms with Gasteiger partial charge in [-0.05, 0) is 61.4 Å². The molecule has 4 N–H and O–H groups in total. The normalized spacial score (nSPS) is 11.8. The summed E-state index contributed by atoms with van der Waals surface area (Å²) in [5.41, 5.74) is 4.20. The summed E-state index contributed by atoms with van der Waals surface area (Å²) in [5.74, 6) is -0.703. The molecule has 2 atom stereocenters. The Hall–Kier alpha value is -3.50. The second-order valence-corrected chi connectivity index (χ2v) is 12.4. The zero-order chi connectivity index (χ0) is 35.1. The summed E-state index contributed by atoms with van der Waals surface area (Å²) in [7, 11) is 0. The Morgan fingerprint density at radius 3 is 1.54 bits per heavy atom. The summed E-state index contributed by atoms with van der Waals surface area (Å²) in [6, 6.07) is 25.3. The molecule has 0 saturated heterocycles. The van der Waals surface area contributed by atoms with E-state index in [0.29, 0.717) is 44.3 Å². The van der Waals surface area contributed by atoms with Crippen LogP contribution in [0.15, 0.2) is 84.9 Å². The molecule has 256 valence electrons. The zero-order valence-corrected chi connectivity index (χ0v) is 29.5. The topological polar surface area (TPSA) is 117 Å². The van der Waals surface area contributed by atoms with Gasteiger partial charge in [-0.15, -0.1) is 0 Å². The molecule has 0 radical (unpaired) electrons. The van der Waals surface area contributed by atoms with Crippen molar-refractivity contribution in [1.82, 2.24) is 0 Å². The van der Waals surface area contributed by atoms with Crippen LogP contribution in [0.1, 0.15) is 37.8 Å². The van der Waals surface area contributed by atoms with Crippen LogP contribution in [0.3, 0.4) is 0 Å². The SMILES string of the molecule is CC(CCO)OC(=O)Cc1ccccc1Nc1c(Cl)cccc1Cl.CC(O)CCOC(=O)Cc1ccccc1Nc1c(Cl)cccc1Cl. The number of benzene rings is 4. The lowest BCUT2D eigenvalue weighted by Gasteiger charge is -2.15. The highest BCUT2D eigenvalue weighted by Gasteiger charge is 2.15. The molecule has 0 aliphatic rings. The molecule has 4 aromatic carbocycles. The zero-order valence-electron chi connectivity index (χ0n) is 26.5. The average molecular weight is 737 g/mol. The molecule has 2 unspecified atom stereocenters. The van der Waals surface area contributed by atoms with E-state index in [1.807, 2.05) is 48.5 Å². The number of ether oxygens (including phenoxy) is 2. The first-order chi connectivity index (χ1) is 23.0. The first-order valence-electron chi connectivity index (χ1n) is 15.2. The Balaban J connectivity index is 0.000000260. The summed E-state index contributed by atoms with van der Waals surface area (Å²) in [6.07, 6.45) is 0.253. The van der Waals surface area contributed by atoms with E-state index in [4.69, 9.17) is 61.0 Å². The fourth-order valence-electron chi connectivity index (χ4n) is 4.31. The maximum Gasteiger partial charge on any atom is 0.310 e. The monoisotopic (exact) mass is 734 g/mol. The Morgan fingerprint density at radius 2 is 1.10 bits per heavy atom. The Morgan fingerprint density at radius 1 is 0.667 bits per heavy atom. The van der Waals surface area contributed by atoms with Crippen molar-refractivity contribution in [3.05, 3.63) is 116 Å². The van der Waals surface area contributed by atoms with Gasteiger partial charge in [-0.3, -0.25) is 9.59 Å². The van der Waals surface area contributed by atoms with Crippen molar-refractivity contribution in [1.29, 1.82) is 0 Å². The van der Waals surface area contributed by atoms with Gasteiger partial charge in [0, 0.05) is 30.8 Å². The average Bonchev–Trinajstić information content (AvgIpc) is 3.02. The molecular weight excluding hydrogens is 698 g/mol. The number of rotatable bonds is 14. The van der Waals surface area contributed by atoms with Crippen molar-refractivity contribution >= 4 is 81.1 Å². The highest BCUT2D eigenvalue weighted by molar-refractivity contribution is 6.39. The Bertz CT molecular complexity index is 1610. The lowest BCUT2D eigenvalue weighted by atomic mass is 10.1. The molecule has 8 nitrogen and oxygen atoms in total. The van der Waals surface area contributed by atoms with Crippen LogP contribution in [-0.2, 0) is 31.9 Å². The third-order valence-corrected chi connectivity index (χ3v) is 8.08. The Kier molecular flexibility index (Phi) is 16.3. The number of anilines is 4. The minimum atomic E-state index is -0.492. The molecule has 0 aliphatic heterocycles. The van der Waals surface area contributed by atoms with E-state index in [9.17, 15) is 14.7 Å². The Labute approximate surface area is 300 Å². The number of para-hydroxylation sites is 4. The van der Waals surface area contributed by atoms with Gasteiger partial charge in [0.25, 0.3) is 0 Å². The van der Waals surface area contributed by atoms with Crippen molar-refractivity contribution in [2.24, 2.45) is 0 Å². The summed E-state index contributed by atoms with van der Waals surface area (Å²) in [6.45, 7) is 3.59. The molecule has 0 saturated carbocycles. The number of aliphatic hydroxyl groups is 2. The van der Waals surface area contributed by atoms with Gasteiger partial charge in [0.15, 0.2) is 0 Å². The number of hydrogen-bond donors (Lipinski definition) is 4. The van der Waals surface area contributed by atoms with Crippen LogP contribution < -0.4 is 10.6 Å². The second kappa shape index (κ2) is 20.1. The molecule has 0 fully saturated rings. The number of carbonyl (C=O) groups excluding carboxylic acids is 2. The van der Waals surface area contributed by atoms with E-state index in [0.717, 1.165) is 22.5 Å². The molecule has 0 aliphatic carbocycles. The molecule has 0 bridgehead atoms. The van der Waals surface area contributed by atoms with Crippen molar-refractivity contribution < 1.29 is 29.3 Å². The largest absolute Gasteiger partial charge is 0.465 e. The first-order valence-corrected chi connectivity index (χ1v) is 16.7. The third kappa shape index (κ3) is 12.8. The summed E-state index contributed by atoms with van der Waals surface area (Å²) < 4.78 is 10.4. The van der Waals surface area contributed by atoms with Crippen LogP contribution in [0.25, 0.3) is 0 Å². The first kappa shape index (κ1) is 38.9. The molecule has 12 heteroatoms. The maximum atomic E-state index is 12.1. The van der Waals surface area contributed by atoms with E-state index < -0.39 is 6.10 Å². The van der Waals surface area contributed by atoms with E-state index >= 15 is 0 Å². The van der Waals surface area contributed by atoms with Crippen LogP contribution in [-0.4, -0.2) is 47.6 Å². The fourth-order valence-corrected chi connectivity index (χ4v) is 5.29. The molecular formula is C36H38Cl4N2O6. The van der Waals surface area contributed by atoms with Crippen molar-refractivity contribution in [3.63, 3.8) is 0 Å². The van der Waals surface area contributed by atoms with Gasteiger partial charge < -0.3 is 30.3 Å². The van der Waals surface area contributed by atoms with E-state index in [1.165, 1.54) is 0 Å². The number of carbonyl (C=O) groups is 2. The van der Waals surface area contributed by atoms with Crippen molar-refractivity contribution in [3.8, 4) is 0 Å². The molecule has 48 heavy (non-hydrogen) atoms. The van der Waals surface area contributed by atoms with Gasteiger partial charge >= 0.3 is 11.9 Å². The van der Waals surface area contributed by atoms with E-state index in [1.54, 1.807) is 50.2 Å². The van der Waals surface area contributed by atoms with Gasteiger partial charge in [-0.2, -0.15) is 0 Å². The van der Waals surface area contributed by atoms with Gasteiger partial charge in [0.1, 0.15) is 6.10 Å². The summed E-state index contributed by atoms with van der Waals surface area (Å²) in [4.78, 5) is 24.0. The molecule has 0 aromatic heterocycles. The van der Waals surface area contributed by atoms with Crippen molar-refractivity contribution in [2.75, 3.05) is 23.8 Å². The minimum absolute atomic E-state index is 0.0163. The van der Waals surface area contributed by atoms with Gasteiger partial charge in [0.05, 0.1) is 57.0 Å². The third-order valence-electron chi connectivity index (χ3n) is 6.82. The second-order valence-electron chi connectivity index (χ2n) is 10.8. The molecule has 0 amide bonds. The highest BCUT2D eigenvalue weighted by atomic mass is 35.5. The van der Waals surface area contributed by atoms with Gasteiger partial charge in [-0.25, -0.2) is 0 Å². The van der Waals surface area contributed by atoms with Crippen LogP contribution in [0.5, 0.6) is 0 Å². The number of esters is 2. The summed E-state index contributed by atoms with van der Waals surface area (Å²) in [5, 5.41) is 26.4. The van der Waals surface area contributed by atoms with Crippen LogP contribution >= 0.6 is 46.4 Å². The van der Waals surface area contributed by atoms with Crippen molar-refractivity contribution in [2.45, 2.75) is 51.7 Å². The number of aliphatic hydroxyl groups excluding tert-OH is 2. The predicted molar refractivity (Wildman–Crippen MR) is 194 cm³/mol. The molecule has 0 spiro atoms. The number of nitrogens with one attached hydrogen (secondary N) is 2. The van der Waals surface area contributed by atoms with Crippen LogP contribution in [0.4, 0.5) is 22.7 Å². The minimum Gasteiger partial charge on any atom is -0.465 e. The predicted octanol–water partition coefficient (Wildman–Crippen LogP) is 9.19.